The molecule has 8 nitrogen and oxygen atoms in total. The van der Waals surface area contributed by atoms with E-state index in [-0.39, 0.29) is 0 Å². The average Bonchev–Trinajstić information content (AvgIpc) is 3.74. The number of hydrogen-bond acceptors (Lipinski definition) is 7. The normalized spacial score (nSPS) is 14.2. The Labute approximate surface area is 224 Å². The van der Waals surface area contributed by atoms with Gasteiger partial charge in [-0.2, -0.15) is 5.10 Å². The molecule has 0 spiro atoms. The van der Waals surface area contributed by atoms with Gasteiger partial charge in [-0.25, -0.2) is 9.97 Å². The molecule has 6 heterocycles. The number of aromatic nitrogens is 7. The summed E-state index contributed by atoms with van der Waals surface area (Å²) in [5.41, 5.74) is 7.96. The summed E-state index contributed by atoms with van der Waals surface area (Å²) in [7, 11) is 0. The molecule has 1 aliphatic carbocycles. The van der Waals surface area contributed by atoms with E-state index >= 15 is 0 Å². The largest absolute Gasteiger partial charge is 0.336 e. The highest BCUT2D eigenvalue weighted by atomic mass is 32.1. The minimum Gasteiger partial charge on any atom is -0.336 e. The predicted molar refractivity (Wildman–Crippen MR) is 152 cm³/mol. The molecule has 0 aromatic carbocycles. The molecule has 0 saturated heterocycles. The minimum absolute atomic E-state index is 0.668. The second-order valence-corrected chi connectivity index (χ2v) is 11.4. The number of imidazole rings is 1. The van der Waals surface area contributed by atoms with Crippen molar-refractivity contribution in [3.63, 3.8) is 0 Å². The van der Waals surface area contributed by atoms with Gasteiger partial charge in [-0.05, 0) is 74.2 Å². The zero-order chi connectivity index (χ0) is 25.5. The van der Waals surface area contributed by atoms with Gasteiger partial charge in [0, 0.05) is 35.6 Å². The van der Waals surface area contributed by atoms with Crippen molar-refractivity contribution in [3.05, 3.63) is 65.4 Å². The molecule has 190 valence electrons. The van der Waals surface area contributed by atoms with E-state index in [2.05, 4.69) is 55.6 Å². The van der Waals surface area contributed by atoms with E-state index < -0.39 is 0 Å². The molecule has 0 aliphatic heterocycles. The summed E-state index contributed by atoms with van der Waals surface area (Å²) in [4.78, 5) is 24.8. The molecule has 0 radical (unpaired) electrons. The van der Waals surface area contributed by atoms with Crippen LogP contribution in [0.5, 0.6) is 0 Å². The van der Waals surface area contributed by atoms with Gasteiger partial charge in [-0.1, -0.05) is 12.8 Å². The fourth-order valence-corrected chi connectivity index (χ4v) is 6.24. The number of fused-ring (bicyclic) bond motifs is 2. The number of H-pyrrole nitrogens is 2. The number of aromatic amines is 2. The second kappa shape index (κ2) is 9.74. The number of pyridine rings is 3. The Morgan fingerprint density at radius 3 is 2.74 bits per heavy atom. The third kappa shape index (κ3) is 4.37. The molecule has 0 amide bonds. The maximum Gasteiger partial charge on any atom is 0.161 e. The quantitative estimate of drug-likeness (QED) is 0.229. The van der Waals surface area contributed by atoms with Crippen molar-refractivity contribution in [2.45, 2.75) is 39.2 Å². The summed E-state index contributed by atoms with van der Waals surface area (Å²) < 4.78 is 0. The lowest BCUT2D eigenvalue weighted by Crippen LogP contribution is -2.20. The van der Waals surface area contributed by atoms with Crippen LogP contribution in [-0.2, 0) is 6.54 Å². The van der Waals surface area contributed by atoms with Gasteiger partial charge in [-0.3, -0.25) is 15.1 Å². The summed E-state index contributed by atoms with van der Waals surface area (Å²) >= 11 is 1.72. The van der Waals surface area contributed by atoms with E-state index in [1.807, 2.05) is 36.8 Å². The summed E-state index contributed by atoms with van der Waals surface area (Å²) in [6.07, 6.45) is 11.1. The fraction of sp³-hybridized carbons (Fsp3) is 0.276. The second-order valence-electron chi connectivity index (χ2n) is 10.1. The van der Waals surface area contributed by atoms with Gasteiger partial charge in [0.15, 0.2) is 11.5 Å². The lowest BCUT2D eigenvalue weighted by molar-refractivity contribution is 0.489. The lowest BCUT2D eigenvalue weighted by Gasteiger charge is -2.11. The van der Waals surface area contributed by atoms with Crippen molar-refractivity contribution < 1.29 is 0 Å². The van der Waals surface area contributed by atoms with Crippen LogP contribution in [0.4, 0.5) is 0 Å². The van der Waals surface area contributed by atoms with E-state index in [9.17, 15) is 0 Å². The number of nitrogens with one attached hydrogen (secondary N) is 3. The predicted octanol–water partition coefficient (Wildman–Crippen LogP) is 6.27. The topological polar surface area (TPSA) is 108 Å². The molecule has 6 aromatic rings. The Morgan fingerprint density at radius 1 is 0.974 bits per heavy atom. The molecule has 9 heteroatoms. The van der Waals surface area contributed by atoms with Gasteiger partial charge in [0.25, 0.3) is 0 Å². The van der Waals surface area contributed by atoms with Gasteiger partial charge < -0.3 is 10.3 Å². The zero-order valence-corrected chi connectivity index (χ0v) is 22.0. The summed E-state index contributed by atoms with van der Waals surface area (Å²) in [6.45, 7) is 3.99. The molecule has 0 bridgehead atoms. The van der Waals surface area contributed by atoms with Crippen LogP contribution < -0.4 is 5.32 Å². The standard InChI is InChI=1S/C29H28N8S/c1-17-6-9-24(38-17)27-25-22(10-11-32-27)34-29(35-25)28-26-23(36-37-28)8-7-21(33-26)20-12-19(15-31-16-20)14-30-13-18-4-2-3-5-18/h6-12,15-16,18,30H,2-5,13-14H2,1H3,(H,34,35)(H,36,37). The number of rotatable bonds is 7. The Morgan fingerprint density at radius 2 is 1.87 bits per heavy atom. The maximum atomic E-state index is 4.99. The van der Waals surface area contributed by atoms with Crippen molar-refractivity contribution >= 4 is 33.4 Å². The fourth-order valence-electron chi connectivity index (χ4n) is 5.37. The molecular formula is C29H28N8S. The van der Waals surface area contributed by atoms with Crippen molar-refractivity contribution in [1.82, 2.24) is 40.4 Å². The summed E-state index contributed by atoms with van der Waals surface area (Å²) in [6, 6.07) is 12.4. The van der Waals surface area contributed by atoms with Crippen LogP contribution in [0.25, 0.3) is 55.4 Å². The first kappa shape index (κ1) is 23.2. The first-order valence-corrected chi connectivity index (χ1v) is 13.9. The highest BCUT2D eigenvalue weighted by Crippen LogP contribution is 2.33. The van der Waals surface area contributed by atoms with Crippen LogP contribution in [0.1, 0.15) is 36.1 Å². The van der Waals surface area contributed by atoms with Gasteiger partial charge in [0.05, 0.1) is 21.6 Å². The molecule has 6 aromatic heterocycles. The molecule has 38 heavy (non-hydrogen) atoms. The Bertz CT molecular complexity index is 1740. The first-order valence-electron chi connectivity index (χ1n) is 13.1. The van der Waals surface area contributed by atoms with Crippen LogP contribution in [0.15, 0.2) is 55.0 Å². The average molecular weight is 521 g/mol. The van der Waals surface area contributed by atoms with Crippen LogP contribution in [0.2, 0.25) is 0 Å². The molecule has 0 atom stereocenters. The zero-order valence-electron chi connectivity index (χ0n) is 21.2. The molecule has 0 unspecified atom stereocenters. The minimum atomic E-state index is 0.668. The van der Waals surface area contributed by atoms with Crippen molar-refractivity contribution in [2.75, 3.05) is 6.54 Å². The highest BCUT2D eigenvalue weighted by Gasteiger charge is 2.18. The van der Waals surface area contributed by atoms with Crippen LogP contribution in [0, 0.1) is 12.8 Å². The van der Waals surface area contributed by atoms with E-state index in [1.165, 1.54) is 30.6 Å². The van der Waals surface area contributed by atoms with Crippen LogP contribution in [0.3, 0.4) is 0 Å². The van der Waals surface area contributed by atoms with E-state index in [4.69, 9.17) is 9.97 Å². The maximum absolute atomic E-state index is 4.99. The Kier molecular flexibility index (Phi) is 5.94. The van der Waals surface area contributed by atoms with E-state index in [0.29, 0.717) is 11.5 Å². The third-order valence-electron chi connectivity index (χ3n) is 7.33. The monoisotopic (exact) mass is 520 g/mol. The summed E-state index contributed by atoms with van der Waals surface area (Å²) in [5.74, 6) is 1.48. The smallest absolute Gasteiger partial charge is 0.161 e. The molecule has 1 saturated carbocycles. The van der Waals surface area contributed by atoms with Crippen molar-refractivity contribution in [3.8, 4) is 33.3 Å². The molecule has 7 rings (SSSR count). The number of hydrogen-bond donors (Lipinski definition) is 3. The molecule has 3 N–H and O–H groups in total. The number of thiophene rings is 1. The van der Waals surface area contributed by atoms with E-state index in [0.717, 1.165) is 68.5 Å². The highest BCUT2D eigenvalue weighted by molar-refractivity contribution is 7.15. The Hall–Kier alpha value is -3.95. The van der Waals surface area contributed by atoms with Crippen molar-refractivity contribution in [1.29, 1.82) is 0 Å². The SMILES string of the molecule is Cc1ccc(-c2nccc3[nH]c(-c4n[nH]c5ccc(-c6cncc(CNCC7CCCC7)c6)nc45)nc23)s1. The van der Waals surface area contributed by atoms with Crippen LogP contribution >= 0.6 is 11.3 Å². The van der Waals surface area contributed by atoms with Crippen molar-refractivity contribution in [2.24, 2.45) is 5.92 Å². The van der Waals surface area contributed by atoms with Gasteiger partial charge in [0.2, 0.25) is 0 Å². The van der Waals surface area contributed by atoms with Gasteiger partial charge >= 0.3 is 0 Å². The number of nitrogens with zero attached hydrogens (tertiary/aromatic N) is 5. The third-order valence-corrected chi connectivity index (χ3v) is 8.34. The number of aryl methyl sites for hydroxylation is 1. The van der Waals surface area contributed by atoms with Crippen LogP contribution in [-0.4, -0.2) is 41.7 Å². The van der Waals surface area contributed by atoms with E-state index in [1.54, 1.807) is 11.3 Å². The first-order chi connectivity index (χ1) is 18.7. The van der Waals surface area contributed by atoms with Gasteiger partial charge in [0.1, 0.15) is 16.7 Å². The molecule has 1 aliphatic rings. The Balaban J connectivity index is 1.20. The lowest BCUT2D eigenvalue weighted by atomic mass is 10.1. The van der Waals surface area contributed by atoms with Gasteiger partial charge in [-0.15, -0.1) is 11.3 Å². The molecule has 1 fully saturated rings. The summed E-state index contributed by atoms with van der Waals surface area (Å²) in [5, 5.41) is 11.3. The molecular weight excluding hydrogens is 492 g/mol.